The van der Waals surface area contributed by atoms with Gasteiger partial charge in [-0.3, -0.25) is 0 Å². The molecule has 2 aromatic rings. The molecule has 0 aliphatic heterocycles. The third-order valence-electron chi connectivity index (χ3n) is 3.09. The lowest BCUT2D eigenvalue weighted by molar-refractivity contribution is 0.289. The smallest absolute Gasteiger partial charge is 0.175 e. The van der Waals surface area contributed by atoms with Crippen LogP contribution in [0.5, 0.6) is 5.75 Å². The number of benzene rings is 2. The Morgan fingerprint density at radius 2 is 1.68 bits per heavy atom. The van der Waals surface area contributed by atoms with E-state index in [1.165, 1.54) is 0 Å². The van der Waals surface area contributed by atoms with Crippen molar-refractivity contribution >= 4 is 28.7 Å². The van der Waals surface area contributed by atoms with Crippen molar-refractivity contribution in [2.45, 2.75) is 20.3 Å². The summed E-state index contributed by atoms with van der Waals surface area (Å²) in [6.45, 7) is 5.11. The van der Waals surface area contributed by atoms with Gasteiger partial charge >= 0.3 is 0 Å². The highest BCUT2D eigenvalue weighted by atomic mass is 32.1. The number of thiocarbonyl (C=S) groups is 1. The Balaban J connectivity index is 1.88. The van der Waals surface area contributed by atoms with E-state index in [0.29, 0.717) is 11.0 Å². The van der Waals surface area contributed by atoms with Gasteiger partial charge in [0.25, 0.3) is 0 Å². The molecule has 0 aliphatic carbocycles. The lowest BCUT2D eigenvalue weighted by Gasteiger charge is -2.12. The van der Waals surface area contributed by atoms with E-state index in [1.54, 1.807) is 0 Å². The fraction of sp³-hybridized carbons (Fsp3) is 0.278. The number of ether oxygens (including phenoxy) is 1. The second kappa shape index (κ2) is 8.39. The summed E-state index contributed by atoms with van der Waals surface area (Å²) in [7, 11) is 0. The summed E-state index contributed by atoms with van der Waals surface area (Å²) in [5.41, 5.74) is 1.87. The minimum Gasteiger partial charge on any atom is -0.494 e. The minimum atomic E-state index is 0.561. The Bertz CT molecular complexity index is 599. The van der Waals surface area contributed by atoms with Gasteiger partial charge in [0, 0.05) is 17.4 Å². The Hall–Kier alpha value is -2.07. The van der Waals surface area contributed by atoms with Gasteiger partial charge in [0.2, 0.25) is 0 Å². The molecule has 0 saturated heterocycles. The van der Waals surface area contributed by atoms with E-state index < -0.39 is 0 Å². The number of anilines is 2. The van der Waals surface area contributed by atoms with E-state index in [1.807, 2.05) is 54.6 Å². The van der Waals surface area contributed by atoms with Gasteiger partial charge in [-0.1, -0.05) is 38.1 Å². The van der Waals surface area contributed by atoms with E-state index in [-0.39, 0.29) is 0 Å². The molecule has 2 N–H and O–H groups in total. The Labute approximate surface area is 137 Å². The maximum atomic E-state index is 5.75. The standard InChI is InChI=1S/C18H22N2OS/c1-14(2)11-12-21-17-10-6-9-16(13-17)20-18(22)19-15-7-4-3-5-8-15/h3-10,13-14H,11-12H2,1-2H3,(H2,19,20,22). The maximum absolute atomic E-state index is 5.75. The third kappa shape index (κ3) is 5.74. The molecule has 0 aliphatic rings. The van der Waals surface area contributed by atoms with Crippen LogP contribution in [0.2, 0.25) is 0 Å². The van der Waals surface area contributed by atoms with Crippen LogP contribution in [0.1, 0.15) is 20.3 Å². The molecule has 116 valence electrons. The quantitative estimate of drug-likeness (QED) is 0.741. The normalized spacial score (nSPS) is 10.3. The van der Waals surface area contributed by atoms with Crippen LogP contribution >= 0.6 is 12.2 Å². The number of hydrogen-bond donors (Lipinski definition) is 2. The fourth-order valence-electron chi connectivity index (χ4n) is 1.89. The molecule has 22 heavy (non-hydrogen) atoms. The van der Waals surface area contributed by atoms with Crippen molar-refractivity contribution in [1.82, 2.24) is 0 Å². The fourth-order valence-corrected chi connectivity index (χ4v) is 2.13. The zero-order valence-corrected chi connectivity index (χ0v) is 13.8. The zero-order valence-electron chi connectivity index (χ0n) is 13.0. The second-order valence-corrected chi connectivity index (χ2v) is 5.91. The summed E-state index contributed by atoms with van der Waals surface area (Å²) in [5.74, 6) is 1.50. The first kappa shape index (κ1) is 16.3. The summed E-state index contributed by atoms with van der Waals surface area (Å²) < 4.78 is 5.75. The number of nitrogens with one attached hydrogen (secondary N) is 2. The molecule has 0 saturated carbocycles. The van der Waals surface area contributed by atoms with Gasteiger partial charge in [-0.25, -0.2) is 0 Å². The summed E-state index contributed by atoms with van der Waals surface area (Å²) >= 11 is 5.32. The van der Waals surface area contributed by atoms with Crippen molar-refractivity contribution < 1.29 is 4.74 Å². The maximum Gasteiger partial charge on any atom is 0.175 e. The van der Waals surface area contributed by atoms with Gasteiger partial charge in [0.05, 0.1) is 6.61 Å². The molecule has 2 rings (SSSR count). The SMILES string of the molecule is CC(C)CCOc1cccc(NC(=S)Nc2ccccc2)c1. The highest BCUT2D eigenvalue weighted by Crippen LogP contribution is 2.18. The zero-order chi connectivity index (χ0) is 15.8. The first-order valence-corrected chi connectivity index (χ1v) is 7.90. The van der Waals surface area contributed by atoms with Gasteiger partial charge in [0.15, 0.2) is 5.11 Å². The van der Waals surface area contributed by atoms with Gasteiger partial charge in [-0.15, -0.1) is 0 Å². The summed E-state index contributed by atoms with van der Waals surface area (Å²) in [6.07, 6.45) is 1.05. The third-order valence-corrected chi connectivity index (χ3v) is 3.29. The second-order valence-electron chi connectivity index (χ2n) is 5.50. The van der Waals surface area contributed by atoms with Crippen molar-refractivity contribution in [3.05, 3.63) is 54.6 Å². The minimum absolute atomic E-state index is 0.561. The molecule has 3 nitrogen and oxygen atoms in total. The highest BCUT2D eigenvalue weighted by Gasteiger charge is 2.01. The van der Waals surface area contributed by atoms with Crippen molar-refractivity contribution in [3.8, 4) is 5.75 Å². The average Bonchev–Trinajstić information content (AvgIpc) is 2.48. The number of hydrogen-bond acceptors (Lipinski definition) is 2. The predicted molar refractivity (Wildman–Crippen MR) is 97.7 cm³/mol. The Morgan fingerprint density at radius 3 is 2.41 bits per heavy atom. The molecular formula is C18H22N2OS. The van der Waals surface area contributed by atoms with E-state index in [9.17, 15) is 0 Å². The largest absolute Gasteiger partial charge is 0.494 e. The van der Waals surface area contributed by atoms with Gasteiger partial charge < -0.3 is 15.4 Å². The first-order valence-electron chi connectivity index (χ1n) is 7.49. The Kier molecular flexibility index (Phi) is 6.22. The average molecular weight is 314 g/mol. The first-order chi connectivity index (χ1) is 10.6. The van der Waals surface area contributed by atoms with Crippen LogP contribution in [0.15, 0.2) is 54.6 Å². The molecule has 2 aromatic carbocycles. The van der Waals surface area contributed by atoms with E-state index in [4.69, 9.17) is 17.0 Å². The monoisotopic (exact) mass is 314 g/mol. The topological polar surface area (TPSA) is 33.3 Å². The van der Waals surface area contributed by atoms with Crippen LogP contribution in [-0.4, -0.2) is 11.7 Å². The highest BCUT2D eigenvalue weighted by molar-refractivity contribution is 7.80. The van der Waals surface area contributed by atoms with Gasteiger partial charge in [-0.2, -0.15) is 0 Å². The van der Waals surface area contributed by atoms with Crippen LogP contribution < -0.4 is 15.4 Å². The molecular weight excluding hydrogens is 292 g/mol. The summed E-state index contributed by atoms with van der Waals surface area (Å²) in [6, 6.07) is 17.7. The molecule has 0 heterocycles. The molecule has 0 atom stereocenters. The van der Waals surface area contributed by atoms with E-state index >= 15 is 0 Å². The van der Waals surface area contributed by atoms with Gasteiger partial charge in [0.1, 0.15) is 5.75 Å². The van der Waals surface area contributed by atoms with Crippen molar-refractivity contribution in [2.24, 2.45) is 5.92 Å². The van der Waals surface area contributed by atoms with E-state index in [0.717, 1.165) is 30.2 Å². The number of para-hydroxylation sites is 1. The van der Waals surface area contributed by atoms with Crippen molar-refractivity contribution in [1.29, 1.82) is 0 Å². The molecule has 0 amide bonds. The van der Waals surface area contributed by atoms with E-state index in [2.05, 4.69) is 24.5 Å². The molecule has 0 radical (unpaired) electrons. The molecule has 0 aromatic heterocycles. The predicted octanol–water partition coefficient (Wildman–Crippen LogP) is 4.92. The van der Waals surface area contributed by atoms with Crippen LogP contribution in [0.3, 0.4) is 0 Å². The molecule has 0 fully saturated rings. The Morgan fingerprint density at radius 1 is 1.00 bits per heavy atom. The van der Waals surface area contributed by atoms with Crippen LogP contribution in [0, 0.1) is 5.92 Å². The summed E-state index contributed by atoms with van der Waals surface area (Å²) in [4.78, 5) is 0. The molecule has 0 spiro atoms. The van der Waals surface area contributed by atoms with Crippen LogP contribution in [0.4, 0.5) is 11.4 Å². The molecule has 4 heteroatoms. The molecule has 0 unspecified atom stereocenters. The number of rotatable bonds is 6. The summed E-state index contributed by atoms with van der Waals surface area (Å²) in [5, 5.41) is 6.88. The van der Waals surface area contributed by atoms with Crippen LogP contribution in [-0.2, 0) is 0 Å². The van der Waals surface area contributed by atoms with Crippen molar-refractivity contribution in [2.75, 3.05) is 17.2 Å². The molecule has 0 bridgehead atoms. The lowest BCUT2D eigenvalue weighted by Crippen LogP contribution is -2.18. The van der Waals surface area contributed by atoms with Crippen LogP contribution in [0.25, 0.3) is 0 Å². The van der Waals surface area contributed by atoms with Crippen molar-refractivity contribution in [3.63, 3.8) is 0 Å². The van der Waals surface area contributed by atoms with Gasteiger partial charge in [-0.05, 0) is 48.8 Å². The lowest BCUT2D eigenvalue weighted by atomic mass is 10.1.